The average molecular weight is 126 g/mol. The van der Waals surface area contributed by atoms with Gasteiger partial charge >= 0.3 is 0 Å². The van der Waals surface area contributed by atoms with E-state index in [1.165, 1.54) is 0 Å². The van der Waals surface area contributed by atoms with Crippen LogP contribution in [-0.2, 0) is 4.79 Å². The van der Waals surface area contributed by atoms with E-state index in [1.807, 2.05) is 0 Å². The molecule has 0 bridgehead atoms. The number of carbonyl (C=O) groups excluding carboxylic acids is 1. The second kappa shape index (κ2) is 2.13. The van der Waals surface area contributed by atoms with E-state index >= 15 is 0 Å². The molecule has 1 aliphatic carbocycles. The molecule has 0 saturated heterocycles. The summed E-state index contributed by atoms with van der Waals surface area (Å²) in [5.74, 6) is 2.65. The molecule has 0 N–H and O–H groups in total. The van der Waals surface area contributed by atoms with Crippen LogP contribution in [0.5, 0.6) is 0 Å². The Morgan fingerprint density at radius 1 is 1.33 bits per heavy atom. The molecule has 0 aromatic heterocycles. The maximum absolute atomic E-state index is 10.6. The highest BCUT2D eigenvalue weighted by atomic mass is 16.1. The lowest BCUT2D eigenvalue weighted by molar-refractivity contribution is -0.117. The zero-order valence-corrected chi connectivity index (χ0v) is 6.35. The van der Waals surface area contributed by atoms with E-state index in [-0.39, 0.29) is 0 Å². The molecular weight excluding hydrogens is 112 g/mol. The van der Waals surface area contributed by atoms with Crippen LogP contribution in [0.1, 0.15) is 27.2 Å². The van der Waals surface area contributed by atoms with Crippen molar-refractivity contribution >= 4 is 5.78 Å². The molecule has 1 heteroatoms. The third kappa shape index (κ3) is 1.32. The van der Waals surface area contributed by atoms with Gasteiger partial charge in [0.2, 0.25) is 0 Å². The molecule has 0 aromatic carbocycles. The lowest BCUT2D eigenvalue weighted by Gasteiger charge is -1.88. The van der Waals surface area contributed by atoms with Gasteiger partial charge in [0.15, 0.2) is 0 Å². The van der Waals surface area contributed by atoms with E-state index in [4.69, 9.17) is 0 Å². The zero-order chi connectivity index (χ0) is 7.02. The molecule has 1 rings (SSSR count). The van der Waals surface area contributed by atoms with Gasteiger partial charge in [-0.05, 0) is 24.7 Å². The summed E-state index contributed by atoms with van der Waals surface area (Å²) in [6.45, 7) is 6.12. The quantitative estimate of drug-likeness (QED) is 0.552. The molecule has 0 amide bonds. The topological polar surface area (TPSA) is 17.1 Å². The smallest absolute Gasteiger partial charge is 0.130 e. The van der Waals surface area contributed by atoms with E-state index in [9.17, 15) is 4.79 Å². The third-order valence-corrected chi connectivity index (χ3v) is 2.56. The summed E-state index contributed by atoms with van der Waals surface area (Å²) in [5, 5.41) is 0. The molecule has 1 saturated carbocycles. The van der Waals surface area contributed by atoms with E-state index in [1.54, 1.807) is 6.92 Å². The molecule has 0 radical (unpaired) electrons. The van der Waals surface area contributed by atoms with Gasteiger partial charge in [-0.25, -0.2) is 0 Å². The van der Waals surface area contributed by atoms with Crippen LogP contribution in [0.2, 0.25) is 0 Å². The van der Waals surface area contributed by atoms with E-state index in [0.29, 0.717) is 11.7 Å². The van der Waals surface area contributed by atoms with Crippen LogP contribution in [0.4, 0.5) is 0 Å². The Bertz CT molecular complexity index is 121. The summed E-state index contributed by atoms with van der Waals surface area (Å²) >= 11 is 0. The Balaban J connectivity index is 2.25. The van der Waals surface area contributed by atoms with Crippen molar-refractivity contribution in [2.75, 3.05) is 0 Å². The molecule has 9 heavy (non-hydrogen) atoms. The van der Waals surface area contributed by atoms with Gasteiger partial charge in [-0.3, -0.25) is 0 Å². The van der Waals surface area contributed by atoms with E-state index in [2.05, 4.69) is 13.8 Å². The van der Waals surface area contributed by atoms with Crippen molar-refractivity contribution < 1.29 is 4.79 Å². The second-order valence-electron chi connectivity index (χ2n) is 3.29. The maximum atomic E-state index is 10.6. The van der Waals surface area contributed by atoms with Crippen molar-refractivity contribution in [3.8, 4) is 0 Å². The van der Waals surface area contributed by atoms with Crippen LogP contribution in [0.15, 0.2) is 0 Å². The number of rotatable bonds is 2. The first-order valence-corrected chi connectivity index (χ1v) is 3.62. The summed E-state index contributed by atoms with van der Waals surface area (Å²) in [6.07, 6.45) is 0.808. The minimum Gasteiger partial charge on any atom is -0.300 e. The Kier molecular flexibility index (Phi) is 1.60. The largest absolute Gasteiger partial charge is 0.300 e. The van der Waals surface area contributed by atoms with Crippen LogP contribution >= 0.6 is 0 Å². The first-order chi connectivity index (χ1) is 4.13. The van der Waals surface area contributed by atoms with Crippen LogP contribution < -0.4 is 0 Å². The normalized spacial score (nSPS) is 40.6. The molecule has 0 heterocycles. The van der Waals surface area contributed by atoms with Gasteiger partial charge in [0.1, 0.15) is 5.78 Å². The molecule has 0 aromatic rings. The van der Waals surface area contributed by atoms with Gasteiger partial charge in [-0.2, -0.15) is 0 Å². The molecule has 1 aliphatic rings. The number of hydrogen-bond acceptors (Lipinski definition) is 1. The fourth-order valence-electron chi connectivity index (χ4n) is 1.47. The van der Waals surface area contributed by atoms with E-state index < -0.39 is 0 Å². The van der Waals surface area contributed by atoms with Crippen molar-refractivity contribution in [1.82, 2.24) is 0 Å². The predicted molar refractivity (Wildman–Crippen MR) is 37.1 cm³/mol. The standard InChI is InChI=1S/C8H14O/c1-5(9)4-8-6(2)7(8)3/h6-8H,4H2,1-3H3. The lowest BCUT2D eigenvalue weighted by atomic mass is 10.2. The van der Waals surface area contributed by atoms with Gasteiger partial charge in [-0.1, -0.05) is 13.8 Å². The number of carbonyl (C=O) groups is 1. The Labute approximate surface area is 56.4 Å². The highest BCUT2D eigenvalue weighted by Gasteiger charge is 2.42. The Morgan fingerprint density at radius 2 is 1.78 bits per heavy atom. The summed E-state index contributed by atoms with van der Waals surface area (Å²) in [6, 6.07) is 0. The molecule has 0 spiro atoms. The van der Waals surface area contributed by atoms with Gasteiger partial charge < -0.3 is 4.79 Å². The first-order valence-electron chi connectivity index (χ1n) is 3.62. The molecule has 0 aliphatic heterocycles. The highest BCUT2D eigenvalue weighted by Crippen LogP contribution is 2.47. The fraction of sp³-hybridized carbons (Fsp3) is 0.875. The Morgan fingerprint density at radius 3 is 1.89 bits per heavy atom. The summed E-state index contributed by atoms with van der Waals surface area (Å²) in [5.41, 5.74) is 0. The number of hydrogen-bond donors (Lipinski definition) is 0. The van der Waals surface area contributed by atoms with E-state index in [0.717, 1.165) is 18.3 Å². The van der Waals surface area contributed by atoms with Crippen molar-refractivity contribution in [2.45, 2.75) is 27.2 Å². The summed E-state index contributed by atoms with van der Waals surface area (Å²) < 4.78 is 0. The number of ketones is 1. The highest BCUT2D eigenvalue weighted by molar-refractivity contribution is 5.76. The van der Waals surface area contributed by atoms with Gasteiger partial charge in [0.25, 0.3) is 0 Å². The van der Waals surface area contributed by atoms with Crippen molar-refractivity contribution in [2.24, 2.45) is 17.8 Å². The van der Waals surface area contributed by atoms with Crippen molar-refractivity contribution in [3.63, 3.8) is 0 Å². The van der Waals surface area contributed by atoms with Crippen LogP contribution in [0.25, 0.3) is 0 Å². The maximum Gasteiger partial charge on any atom is 0.130 e. The minimum atomic E-state index is 0.344. The first kappa shape index (κ1) is 6.79. The molecule has 1 nitrogen and oxygen atoms in total. The van der Waals surface area contributed by atoms with Crippen LogP contribution in [0, 0.1) is 17.8 Å². The SMILES string of the molecule is CC(=O)CC1C(C)C1C. The third-order valence-electron chi connectivity index (χ3n) is 2.56. The average Bonchev–Trinajstić information content (AvgIpc) is 2.22. The number of Topliss-reactive ketones (excluding diaryl/α,β-unsaturated/α-hetero) is 1. The Hall–Kier alpha value is -0.330. The molecule has 2 unspecified atom stereocenters. The lowest BCUT2D eigenvalue weighted by Crippen LogP contribution is -1.92. The molecule has 1 fully saturated rings. The molecule has 52 valence electrons. The van der Waals surface area contributed by atoms with Gasteiger partial charge in [0.05, 0.1) is 0 Å². The van der Waals surface area contributed by atoms with Crippen LogP contribution in [-0.4, -0.2) is 5.78 Å². The van der Waals surface area contributed by atoms with Gasteiger partial charge in [0, 0.05) is 6.42 Å². The second-order valence-corrected chi connectivity index (χ2v) is 3.29. The summed E-state index contributed by atoms with van der Waals surface area (Å²) in [4.78, 5) is 10.6. The minimum absolute atomic E-state index is 0.344. The molecule has 2 atom stereocenters. The van der Waals surface area contributed by atoms with Crippen LogP contribution in [0.3, 0.4) is 0 Å². The summed E-state index contributed by atoms with van der Waals surface area (Å²) in [7, 11) is 0. The fourth-order valence-corrected chi connectivity index (χ4v) is 1.47. The van der Waals surface area contributed by atoms with Crippen molar-refractivity contribution in [1.29, 1.82) is 0 Å². The van der Waals surface area contributed by atoms with Crippen molar-refractivity contribution in [3.05, 3.63) is 0 Å². The monoisotopic (exact) mass is 126 g/mol. The predicted octanol–water partition coefficient (Wildman–Crippen LogP) is 1.87. The zero-order valence-electron chi connectivity index (χ0n) is 6.35. The molecular formula is C8H14O. The van der Waals surface area contributed by atoms with Gasteiger partial charge in [-0.15, -0.1) is 0 Å².